The van der Waals surface area contributed by atoms with Gasteiger partial charge in [-0.05, 0) is 30.7 Å². The fourth-order valence-corrected chi connectivity index (χ4v) is 2.05. The first-order valence-electron chi connectivity index (χ1n) is 6.88. The van der Waals surface area contributed by atoms with Gasteiger partial charge in [0.25, 0.3) is 0 Å². The van der Waals surface area contributed by atoms with Crippen LogP contribution >= 0.6 is 0 Å². The molecule has 5 heteroatoms. The van der Waals surface area contributed by atoms with E-state index in [0.29, 0.717) is 5.76 Å². The number of rotatable bonds is 6. The van der Waals surface area contributed by atoms with Gasteiger partial charge in [-0.15, -0.1) is 0 Å². The monoisotopic (exact) mass is 299 g/mol. The number of hydrogen-bond donors (Lipinski definition) is 2. The van der Waals surface area contributed by atoms with Crippen molar-refractivity contribution >= 4 is 18.0 Å². The molecule has 5 nitrogen and oxygen atoms in total. The molecular weight excluding hydrogens is 282 g/mol. The van der Waals surface area contributed by atoms with Gasteiger partial charge in [-0.3, -0.25) is 9.59 Å². The predicted octanol–water partition coefficient (Wildman–Crippen LogP) is 2.87. The molecule has 1 heterocycles. The average molecular weight is 299 g/mol. The Morgan fingerprint density at radius 3 is 2.50 bits per heavy atom. The number of hydrogen-bond acceptors (Lipinski definition) is 3. The number of amides is 1. The van der Waals surface area contributed by atoms with Crippen LogP contribution < -0.4 is 5.32 Å². The van der Waals surface area contributed by atoms with E-state index in [0.717, 1.165) is 5.56 Å². The van der Waals surface area contributed by atoms with E-state index >= 15 is 0 Å². The molecule has 0 bridgehead atoms. The van der Waals surface area contributed by atoms with Crippen LogP contribution in [0.3, 0.4) is 0 Å². The number of furan rings is 1. The summed E-state index contributed by atoms with van der Waals surface area (Å²) in [7, 11) is 0. The maximum absolute atomic E-state index is 12.0. The fourth-order valence-electron chi connectivity index (χ4n) is 2.05. The van der Waals surface area contributed by atoms with Gasteiger partial charge in [0.05, 0.1) is 18.2 Å². The molecule has 0 spiro atoms. The van der Waals surface area contributed by atoms with Crippen molar-refractivity contribution in [2.45, 2.75) is 13.0 Å². The SMILES string of the molecule is CC(C(=O)O)C(NC(=O)/C=C/c1ccco1)c1ccccc1. The van der Waals surface area contributed by atoms with Crippen molar-refractivity contribution in [2.24, 2.45) is 5.92 Å². The van der Waals surface area contributed by atoms with Crippen LogP contribution in [0.1, 0.15) is 24.3 Å². The van der Waals surface area contributed by atoms with Crippen molar-refractivity contribution in [3.05, 3.63) is 66.1 Å². The molecule has 0 aliphatic carbocycles. The summed E-state index contributed by atoms with van der Waals surface area (Å²) in [6, 6.07) is 11.9. The highest BCUT2D eigenvalue weighted by atomic mass is 16.4. The standard InChI is InChI=1S/C17H17NO4/c1-12(17(20)21)16(13-6-3-2-4-7-13)18-15(19)10-9-14-8-5-11-22-14/h2-12,16H,1H3,(H,18,19)(H,20,21)/b10-9+. The molecule has 1 aromatic heterocycles. The highest BCUT2D eigenvalue weighted by Crippen LogP contribution is 2.22. The summed E-state index contributed by atoms with van der Waals surface area (Å²) in [6.07, 6.45) is 4.36. The summed E-state index contributed by atoms with van der Waals surface area (Å²) in [4.78, 5) is 23.3. The van der Waals surface area contributed by atoms with Crippen molar-refractivity contribution in [3.63, 3.8) is 0 Å². The minimum atomic E-state index is -0.968. The second-order valence-corrected chi connectivity index (χ2v) is 4.87. The van der Waals surface area contributed by atoms with Gasteiger partial charge in [0.15, 0.2) is 0 Å². The maximum atomic E-state index is 12.0. The van der Waals surface area contributed by atoms with Crippen molar-refractivity contribution in [3.8, 4) is 0 Å². The molecule has 2 unspecified atom stereocenters. The number of benzene rings is 1. The Morgan fingerprint density at radius 1 is 1.18 bits per heavy atom. The van der Waals surface area contributed by atoms with E-state index in [-0.39, 0.29) is 5.91 Å². The Bertz CT molecular complexity index is 647. The average Bonchev–Trinajstić information content (AvgIpc) is 3.04. The lowest BCUT2D eigenvalue weighted by Crippen LogP contribution is -2.34. The van der Waals surface area contributed by atoms with E-state index in [1.807, 2.05) is 18.2 Å². The molecule has 1 amide bonds. The molecule has 0 aliphatic rings. The summed E-state index contributed by atoms with van der Waals surface area (Å²) in [5.41, 5.74) is 0.747. The Balaban J connectivity index is 2.12. The van der Waals surface area contributed by atoms with Crippen LogP contribution in [0.15, 0.2) is 59.2 Å². The zero-order valence-corrected chi connectivity index (χ0v) is 12.1. The number of aliphatic carboxylic acids is 1. The molecule has 2 rings (SSSR count). The molecular formula is C17H17NO4. The van der Waals surface area contributed by atoms with Gasteiger partial charge in [-0.25, -0.2) is 0 Å². The number of nitrogens with one attached hydrogen (secondary N) is 1. The van der Waals surface area contributed by atoms with Crippen LogP contribution in [0.4, 0.5) is 0 Å². The lowest BCUT2D eigenvalue weighted by atomic mass is 9.94. The van der Waals surface area contributed by atoms with E-state index in [1.165, 1.54) is 18.4 Å². The Kier molecular flexibility index (Phi) is 5.14. The minimum absolute atomic E-state index is 0.377. The first-order valence-corrected chi connectivity index (χ1v) is 6.88. The molecule has 0 fully saturated rings. The van der Waals surface area contributed by atoms with E-state index in [4.69, 9.17) is 4.42 Å². The van der Waals surface area contributed by atoms with E-state index in [1.54, 1.807) is 31.2 Å². The first-order chi connectivity index (χ1) is 10.6. The second kappa shape index (κ2) is 7.26. The highest BCUT2D eigenvalue weighted by molar-refractivity contribution is 5.92. The van der Waals surface area contributed by atoms with Gasteiger partial charge in [0.2, 0.25) is 5.91 Å². The summed E-state index contributed by atoms with van der Waals surface area (Å²) in [6.45, 7) is 1.57. The molecule has 22 heavy (non-hydrogen) atoms. The number of carboxylic acids is 1. The highest BCUT2D eigenvalue weighted by Gasteiger charge is 2.26. The van der Waals surface area contributed by atoms with Crippen molar-refractivity contribution in [1.29, 1.82) is 0 Å². The van der Waals surface area contributed by atoms with Crippen LogP contribution in [0.2, 0.25) is 0 Å². The van der Waals surface area contributed by atoms with Crippen molar-refractivity contribution < 1.29 is 19.1 Å². The minimum Gasteiger partial charge on any atom is -0.481 e. The summed E-state index contributed by atoms with van der Waals surface area (Å²) in [5.74, 6) is -1.54. The molecule has 0 saturated heterocycles. The van der Waals surface area contributed by atoms with E-state index < -0.39 is 17.9 Å². The van der Waals surface area contributed by atoms with Gasteiger partial charge < -0.3 is 14.8 Å². The molecule has 2 aromatic rings. The Labute approximate surface area is 128 Å². The molecule has 0 aliphatic heterocycles. The third kappa shape index (κ3) is 4.09. The normalized spacial score (nSPS) is 13.7. The number of carbonyl (C=O) groups excluding carboxylic acids is 1. The quantitative estimate of drug-likeness (QED) is 0.804. The van der Waals surface area contributed by atoms with Gasteiger partial charge in [0, 0.05) is 6.08 Å². The Morgan fingerprint density at radius 2 is 1.91 bits per heavy atom. The van der Waals surface area contributed by atoms with Crippen molar-refractivity contribution in [2.75, 3.05) is 0 Å². The third-order valence-corrected chi connectivity index (χ3v) is 3.29. The molecule has 0 saturated carbocycles. The first kappa shape index (κ1) is 15.6. The molecule has 2 atom stereocenters. The van der Waals surface area contributed by atoms with Crippen molar-refractivity contribution in [1.82, 2.24) is 5.32 Å². The summed E-state index contributed by atoms with van der Waals surface area (Å²) >= 11 is 0. The van der Waals surface area contributed by atoms with Crippen LogP contribution in [0.5, 0.6) is 0 Å². The van der Waals surface area contributed by atoms with Gasteiger partial charge in [-0.2, -0.15) is 0 Å². The Hall–Kier alpha value is -2.82. The smallest absolute Gasteiger partial charge is 0.308 e. The van der Waals surface area contributed by atoms with Crippen LogP contribution in [-0.4, -0.2) is 17.0 Å². The molecule has 0 radical (unpaired) electrons. The molecule has 2 N–H and O–H groups in total. The number of carboxylic acid groups (broad SMARTS) is 1. The second-order valence-electron chi connectivity index (χ2n) is 4.87. The molecule has 1 aromatic carbocycles. The van der Waals surface area contributed by atoms with Gasteiger partial charge in [-0.1, -0.05) is 30.3 Å². The van der Waals surface area contributed by atoms with Crippen LogP contribution in [0.25, 0.3) is 6.08 Å². The zero-order valence-electron chi connectivity index (χ0n) is 12.1. The van der Waals surface area contributed by atoms with Gasteiger partial charge >= 0.3 is 5.97 Å². The maximum Gasteiger partial charge on any atom is 0.308 e. The predicted molar refractivity (Wildman–Crippen MR) is 81.9 cm³/mol. The fraction of sp³-hybridized carbons (Fsp3) is 0.176. The molecule has 114 valence electrons. The third-order valence-electron chi connectivity index (χ3n) is 3.29. The summed E-state index contributed by atoms with van der Waals surface area (Å²) in [5, 5.41) is 12.0. The topological polar surface area (TPSA) is 79.5 Å². The number of carbonyl (C=O) groups is 2. The summed E-state index contributed by atoms with van der Waals surface area (Å²) < 4.78 is 5.10. The lowest BCUT2D eigenvalue weighted by molar-refractivity contribution is -0.142. The largest absolute Gasteiger partial charge is 0.481 e. The van der Waals surface area contributed by atoms with E-state index in [9.17, 15) is 14.7 Å². The van der Waals surface area contributed by atoms with Crippen LogP contribution in [0, 0.1) is 5.92 Å². The zero-order chi connectivity index (χ0) is 15.9. The van der Waals surface area contributed by atoms with Gasteiger partial charge in [0.1, 0.15) is 5.76 Å². The lowest BCUT2D eigenvalue weighted by Gasteiger charge is -2.22. The van der Waals surface area contributed by atoms with E-state index in [2.05, 4.69) is 5.32 Å². The van der Waals surface area contributed by atoms with Crippen LogP contribution in [-0.2, 0) is 9.59 Å².